The maximum absolute atomic E-state index is 11.5. The molecule has 0 aliphatic carbocycles. The summed E-state index contributed by atoms with van der Waals surface area (Å²) in [6.45, 7) is 8.95. The monoisotopic (exact) mass is 375 g/mol. The molecule has 1 amide bonds. The molecule has 2 aliphatic rings. The molecule has 6 heteroatoms. The van der Waals surface area contributed by atoms with Crippen molar-refractivity contribution < 1.29 is 14.6 Å². The standard InChI is InChI=1S/C21H33N3O3/c1-18(25)24-13-11-23(12-14-24)15-19-7-3-4-8-21(19)27-17-20(26)16-22-9-5-2-6-10-22/h3-4,7-8,20,26H,2,5-6,9-17H2,1H3/t20-/m0/s1. The number of amides is 1. The molecule has 2 aliphatic heterocycles. The van der Waals surface area contributed by atoms with E-state index in [2.05, 4.69) is 15.9 Å². The topological polar surface area (TPSA) is 56.3 Å². The van der Waals surface area contributed by atoms with E-state index in [0.717, 1.165) is 57.1 Å². The molecule has 27 heavy (non-hydrogen) atoms. The second-order valence-corrected chi connectivity index (χ2v) is 7.72. The van der Waals surface area contributed by atoms with Crippen LogP contribution in [-0.2, 0) is 11.3 Å². The zero-order valence-corrected chi connectivity index (χ0v) is 16.5. The number of para-hydroxylation sites is 1. The van der Waals surface area contributed by atoms with Gasteiger partial charge in [0.05, 0.1) is 0 Å². The maximum atomic E-state index is 11.5. The van der Waals surface area contributed by atoms with Crippen LogP contribution in [0.3, 0.4) is 0 Å². The molecule has 2 heterocycles. The highest BCUT2D eigenvalue weighted by molar-refractivity contribution is 5.73. The second-order valence-electron chi connectivity index (χ2n) is 7.72. The Bertz CT molecular complexity index is 596. The predicted molar refractivity (Wildman–Crippen MR) is 106 cm³/mol. The largest absolute Gasteiger partial charge is 0.491 e. The van der Waals surface area contributed by atoms with Gasteiger partial charge in [-0.05, 0) is 32.0 Å². The van der Waals surface area contributed by atoms with Gasteiger partial charge in [-0.2, -0.15) is 0 Å². The van der Waals surface area contributed by atoms with E-state index in [0.29, 0.717) is 13.2 Å². The molecule has 0 unspecified atom stereocenters. The quantitative estimate of drug-likeness (QED) is 0.784. The van der Waals surface area contributed by atoms with Crippen molar-refractivity contribution in [2.75, 3.05) is 52.4 Å². The van der Waals surface area contributed by atoms with Crippen LogP contribution in [0.25, 0.3) is 0 Å². The summed E-state index contributed by atoms with van der Waals surface area (Å²) in [6.07, 6.45) is 3.30. The molecule has 0 radical (unpaired) electrons. The number of ether oxygens (including phenoxy) is 1. The van der Waals surface area contributed by atoms with Gasteiger partial charge in [0, 0.05) is 51.8 Å². The number of hydrogen-bond donors (Lipinski definition) is 1. The zero-order chi connectivity index (χ0) is 19.1. The summed E-state index contributed by atoms with van der Waals surface area (Å²) < 4.78 is 5.97. The summed E-state index contributed by atoms with van der Waals surface area (Å²) in [4.78, 5) is 18.1. The second kappa shape index (κ2) is 10.1. The van der Waals surface area contributed by atoms with Crippen molar-refractivity contribution >= 4 is 5.91 Å². The molecule has 0 spiro atoms. The van der Waals surface area contributed by atoms with Gasteiger partial charge in [-0.15, -0.1) is 0 Å². The predicted octanol–water partition coefficient (Wildman–Crippen LogP) is 1.58. The summed E-state index contributed by atoms with van der Waals surface area (Å²) in [5.74, 6) is 1.00. The summed E-state index contributed by atoms with van der Waals surface area (Å²) in [7, 11) is 0. The molecule has 1 N–H and O–H groups in total. The Morgan fingerprint density at radius 1 is 1.04 bits per heavy atom. The lowest BCUT2D eigenvalue weighted by Gasteiger charge is -2.34. The molecule has 1 aromatic carbocycles. The number of carbonyl (C=O) groups is 1. The van der Waals surface area contributed by atoms with Gasteiger partial charge in [0.1, 0.15) is 18.5 Å². The fourth-order valence-corrected chi connectivity index (χ4v) is 3.92. The van der Waals surface area contributed by atoms with Crippen molar-refractivity contribution in [3.63, 3.8) is 0 Å². The van der Waals surface area contributed by atoms with E-state index in [1.807, 2.05) is 23.1 Å². The molecule has 0 bridgehead atoms. The van der Waals surface area contributed by atoms with Crippen molar-refractivity contribution in [1.29, 1.82) is 0 Å². The number of piperidine rings is 1. The summed E-state index contributed by atoms with van der Waals surface area (Å²) in [6, 6.07) is 8.07. The Balaban J connectivity index is 1.48. The minimum atomic E-state index is -0.463. The van der Waals surface area contributed by atoms with E-state index in [9.17, 15) is 9.90 Å². The lowest BCUT2D eigenvalue weighted by Crippen LogP contribution is -2.47. The highest BCUT2D eigenvalue weighted by Gasteiger charge is 2.20. The van der Waals surface area contributed by atoms with E-state index in [-0.39, 0.29) is 5.91 Å². The van der Waals surface area contributed by atoms with Crippen molar-refractivity contribution in [3.8, 4) is 5.75 Å². The van der Waals surface area contributed by atoms with Crippen LogP contribution in [0.4, 0.5) is 0 Å². The van der Waals surface area contributed by atoms with Gasteiger partial charge in [-0.1, -0.05) is 24.6 Å². The molecule has 6 nitrogen and oxygen atoms in total. The molecular weight excluding hydrogens is 342 g/mol. The van der Waals surface area contributed by atoms with Gasteiger partial charge in [-0.25, -0.2) is 0 Å². The van der Waals surface area contributed by atoms with Gasteiger partial charge >= 0.3 is 0 Å². The fourth-order valence-electron chi connectivity index (χ4n) is 3.92. The molecule has 150 valence electrons. The number of nitrogens with zero attached hydrogens (tertiary/aromatic N) is 3. The van der Waals surface area contributed by atoms with Crippen molar-refractivity contribution in [2.24, 2.45) is 0 Å². The number of carbonyl (C=O) groups excluding carboxylic acids is 1. The summed E-state index contributed by atoms with van der Waals surface area (Å²) in [5, 5.41) is 10.3. The number of piperazine rings is 1. The van der Waals surface area contributed by atoms with Crippen LogP contribution in [0.15, 0.2) is 24.3 Å². The number of likely N-dealkylation sites (tertiary alicyclic amines) is 1. The Kier molecular flexibility index (Phi) is 7.50. The van der Waals surface area contributed by atoms with Crippen LogP contribution >= 0.6 is 0 Å². The molecule has 1 aromatic rings. The molecule has 1 atom stereocenters. The normalized spacial score (nSPS) is 20.4. The van der Waals surface area contributed by atoms with Crippen LogP contribution in [-0.4, -0.2) is 84.2 Å². The Morgan fingerprint density at radius 3 is 2.44 bits per heavy atom. The van der Waals surface area contributed by atoms with Crippen LogP contribution in [0.5, 0.6) is 5.75 Å². The van der Waals surface area contributed by atoms with E-state index in [1.165, 1.54) is 19.3 Å². The SMILES string of the molecule is CC(=O)N1CCN(Cc2ccccc2OC[C@@H](O)CN2CCCCC2)CC1. The first-order valence-corrected chi connectivity index (χ1v) is 10.2. The maximum Gasteiger partial charge on any atom is 0.219 e. The molecular formula is C21H33N3O3. The number of β-amino-alcohol motifs (C(OH)–C–C–N with tert-alkyl or cyclic N) is 1. The lowest BCUT2D eigenvalue weighted by atomic mass is 10.1. The molecule has 3 rings (SSSR count). The first-order valence-electron chi connectivity index (χ1n) is 10.2. The van der Waals surface area contributed by atoms with Gasteiger partial charge < -0.3 is 19.6 Å². The van der Waals surface area contributed by atoms with Crippen molar-refractivity contribution in [3.05, 3.63) is 29.8 Å². The summed E-state index contributed by atoms with van der Waals surface area (Å²) in [5.41, 5.74) is 1.14. The van der Waals surface area contributed by atoms with Crippen LogP contribution in [0.2, 0.25) is 0 Å². The van der Waals surface area contributed by atoms with Crippen LogP contribution < -0.4 is 4.74 Å². The number of hydrogen-bond acceptors (Lipinski definition) is 5. The van der Waals surface area contributed by atoms with E-state index in [4.69, 9.17) is 4.74 Å². The minimum absolute atomic E-state index is 0.154. The molecule has 0 aromatic heterocycles. The highest BCUT2D eigenvalue weighted by atomic mass is 16.5. The van der Waals surface area contributed by atoms with E-state index >= 15 is 0 Å². The average molecular weight is 376 g/mol. The van der Waals surface area contributed by atoms with Crippen LogP contribution in [0, 0.1) is 0 Å². The average Bonchev–Trinajstić information content (AvgIpc) is 2.68. The van der Waals surface area contributed by atoms with Crippen molar-refractivity contribution in [1.82, 2.24) is 14.7 Å². The first kappa shape index (κ1) is 20.1. The molecule has 2 fully saturated rings. The third-order valence-corrected chi connectivity index (χ3v) is 5.53. The number of rotatable bonds is 7. The highest BCUT2D eigenvalue weighted by Crippen LogP contribution is 2.21. The zero-order valence-electron chi connectivity index (χ0n) is 16.5. The number of benzene rings is 1. The molecule has 0 saturated carbocycles. The third-order valence-electron chi connectivity index (χ3n) is 5.53. The number of aliphatic hydroxyl groups excluding tert-OH is 1. The Morgan fingerprint density at radius 2 is 1.74 bits per heavy atom. The first-order chi connectivity index (χ1) is 13.1. The van der Waals surface area contributed by atoms with Crippen LogP contribution in [0.1, 0.15) is 31.7 Å². The van der Waals surface area contributed by atoms with Gasteiger partial charge in [-0.3, -0.25) is 9.69 Å². The van der Waals surface area contributed by atoms with Gasteiger partial charge in [0.25, 0.3) is 0 Å². The number of aliphatic hydroxyl groups is 1. The Hall–Kier alpha value is -1.63. The summed E-state index contributed by atoms with van der Waals surface area (Å²) >= 11 is 0. The van der Waals surface area contributed by atoms with E-state index in [1.54, 1.807) is 6.92 Å². The van der Waals surface area contributed by atoms with E-state index < -0.39 is 6.10 Å². The van der Waals surface area contributed by atoms with Gasteiger partial charge in [0.2, 0.25) is 5.91 Å². The smallest absolute Gasteiger partial charge is 0.219 e. The van der Waals surface area contributed by atoms with Crippen molar-refractivity contribution in [2.45, 2.75) is 38.8 Å². The Labute approximate surface area is 162 Å². The molecule has 2 saturated heterocycles. The minimum Gasteiger partial charge on any atom is -0.491 e. The third kappa shape index (κ3) is 6.19. The fraction of sp³-hybridized carbons (Fsp3) is 0.667. The lowest BCUT2D eigenvalue weighted by molar-refractivity contribution is -0.130. The van der Waals surface area contributed by atoms with Gasteiger partial charge in [0.15, 0.2) is 0 Å².